The van der Waals surface area contributed by atoms with E-state index in [0.29, 0.717) is 27.0 Å². The fourth-order valence-electron chi connectivity index (χ4n) is 2.39. The summed E-state index contributed by atoms with van der Waals surface area (Å²) in [6.07, 6.45) is 3.34. The molecule has 2 N–H and O–H groups in total. The third-order valence-corrected chi connectivity index (χ3v) is 4.18. The first-order valence-corrected chi connectivity index (χ1v) is 8.87. The van der Waals surface area contributed by atoms with E-state index in [4.69, 9.17) is 23.2 Å². The largest absolute Gasteiger partial charge is 0.322 e. The van der Waals surface area contributed by atoms with Gasteiger partial charge in [0.25, 0.3) is 11.8 Å². The third kappa shape index (κ3) is 5.54. The maximum Gasteiger partial charge on any atom is 0.290 e. The maximum absolute atomic E-state index is 12.4. The van der Waals surface area contributed by atoms with Crippen molar-refractivity contribution in [2.45, 2.75) is 6.54 Å². The van der Waals surface area contributed by atoms with Crippen molar-refractivity contribution in [3.05, 3.63) is 88.7 Å². The average molecular weight is 401 g/mol. The van der Waals surface area contributed by atoms with Crippen molar-refractivity contribution in [2.75, 3.05) is 10.6 Å². The number of benzene rings is 2. The van der Waals surface area contributed by atoms with Gasteiger partial charge in [0.05, 0.1) is 0 Å². The molecule has 1 heterocycles. The first-order valence-electron chi connectivity index (χ1n) is 8.11. The molecule has 0 aliphatic heterocycles. The van der Waals surface area contributed by atoms with Crippen LogP contribution in [-0.2, 0) is 11.3 Å². The molecule has 3 aromatic rings. The number of hydrogen-bond acceptors (Lipinski definition) is 2. The molecule has 136 valence electrons. The smallest absolute Gasteiger partial charge is 0.290 e. The molecule has 1 aromatic heterocycles. The zero-order valence-corrected chi connectivity index (χ0v) is 15.7. The minimum atomic E-state index is -0.273. The predicted octanol–water partition coefficient (Wildman–Crippen LogP) is 4.17. The van der Waals surface area contributed by atoms with Gasteiger partial charge in [-0.25, -0.2) is 0 Å². The second-order valence-corrected chi connectivity index (χ2v) is 6.65. The number of aromatic nitrogens is 1. The van der Waals surface area contributed by atoms with E-state index < -0.39 is 0 Å². The summed E-state index contributed by atoms with van der Waals surface area (Å²) in [4.78, 5) is 24.6. The summed E-state index contributed by atoms with van der Waals surface area (Å²) in [6.45, 7) is 0.0741. The highest BCUT2D eigenvalue weighted by atomic mass is 35.5. The van der Waals surface area contributed by atoms with Gasteiger partial charge in [-0.3, -0.25) is 9.59 Å². The number of carbonyl (C=O) groups excluding carboxylic acids is 2. The van der Waals surface area contributed by atoms with Gasteiger partial charge in [0.2, 0.25) is 6.54 Å². The Morgan fingerprint density at radius 1 is 0.815 bits per heavy atom. The number of amides is 2. The first-order chi connectivity index (χ1) is 13.0. The van der Waals surface area contributed by atoms with Gasteiger partial charge in [0.1, 0.15) is 5.56 Å². The Balaban J connectivity index is 1.63. The SMILES string of the molecule is O=C(C[n+]1cccc(C(=O)Nc2ccc(Cl)cc2)c1)Nc1ccc(Cl)cc1. The van der Waals surface area contributed by atoms with Crippen molar-refractivity contribution >= 4 is 46.4 Å². The minimum Gasteiger partial charge on any atom is -0.322 e. The second-order valence-electron chi connectivity index (χ2n) is 5.78. The van der Waals surface area contributed by atoms with Crippen molar-refractivity contribution < 1.29 is 14.2 Å². The number of nitrogens with one attached hydrogen (secondary N) is 2. The van der Waals surface area contributed by atoms with E-state index in [-0.39, 0.29) is 18.4 Å². The van der Waals surface area contributed by atoms with Gasteiger partial charge in [0, 0.05) is 27.5 Å². The molecule has 3 rings (SSSR count). The third-order valence-electron chi connectivity index (χ3n) is 3.68. The monoisotopic (exact) mass is 400 g/mol. The molecule has 0 atom stereocenters. The number of rotatable bonds is 5. The van der Waals surface area contributed by atoms with Gasteiger partial charge >= 0.3 is 0 Å². The molecule has 2 aromatic carbocycles. The molecule has 2 amide bonds. The lowest BCUT2D eigenvalue weighted by atomic mass is 10.2. The maximum atomic E-state index is 12.4. The molecule has 0 saturated carbocycles. The van der Waals surface area contributed by atoms with E-state index in [1.54, 1.807) is 77.6 Å². The predicted molar refractivity (Wildman–Crippen MR) is 106 cm³/mol. The van der Waals surface area contributed by atoms with Crippen LogP contribution in [0.15, 0.2) is 73.1 Å². The van der Waals surface area contributed by atoms with Crippen LogP contribution in [0.1, 0.15) is 10.4 Å². The molecule has 0 unspecified atom stereocenters. The highest BCUT2D eigenvalue weighted by Crippen LogP contribution is 2.14. The number of pyridine rings is 1. The molecule has 0 aliphatic rings. The summed E-state index contributed by atoms with van der Waals surface area (Å²) in [5, 5.41) is 6.76. The molecule has 0 bridgehead atoms. The van der Waals surface area contributed by atoms with Gasteiger partial charge in [-0.2, -0.15) is 4.57 Å². The second kappa shape index (κ2) is 8.66. The number of halogens is 2. The summed E-state index contributed by atoms with van der Waals surface area (Å²) in [5.41, 5.74) is 1.73. The van der Waals surface area contributed by atoms with E-state index in [1.165, 1.54) is 0 Å². The van der Waals surface area contributed by atoms with Crippen LogP contribution in [0, 0.1) is 0 Å². The fraction of sp³-hybridized carbons (Fsp3) is 0.0500. The molecular formula is C20H16Cl2N3O2+. The summed E-state index contributed by atoms with van der Waals surface area (Å²) >= 11 is 11.7. The molecular weight excluding hydrogens is 385 g/mol. The van der Waals surface area contributed by atoms with Crippen molar-refractivity contribution in [3.63, 3.8) is 0 Å². The number of anilines is 2. The Morgan fingerprint density at radius 3 is 1.96 bits per heavy atom. The van der Waals surface area contributed by atoms with Crippen LogP contribution >= 0.6 is 23.2 Å². The zero-order chi connectivity index (χ0) is 19.2. The van der Waals surface area contributed by atoms with Crippen LogP contribution < -0.4 is 15.2 Å². The number of hydrogen-bond donors (Lipinski definition) is 2. The van der Waals surface area contributed by atoms with E-state index >= 15 is 0 Å². The van der Waals surface area contributed by atoms with Crippen molar-refractivity contribution in [3.8, 4) is 0 Å². The van der Waals surface area contributed by atoms with Gasteiger partial charge < -0.3 is 10.6 Å². The molecule has 0 spiro atoms. The molecule has 0 radical (unpaired) electrons. The summed E-state index contributed by atoms with van der Waals surface area (Å²) in [6, 6.07) is 17.1. The van der Waals surface area contributed by atoms with Crippen LogP contribution in [0.25, 0.3) is 0 Å². The van der Waals surface area contributed by atoms with E-state index in [9.17, 15) is 9.59 Å². The lowest BCUT2D eigenvalue weighted by Crippen LogP contribution is -2.40. The highest BCUT2D eigenvalue weighted by molar-refractivity contribution is 6.31. The normalized spacial score (nSPS) is 10.3. The summed E-state index contributed by atoms with van der Waals surface area (Å²) < 4.78 is 1.64. The van der Waals surface area contributed by atoms with E-state index in [1.807, 2.05) is 0 Å². The average Bonchev–Trinajstić information content (AvgIpc) is 2.65. The standard InChI is InChI=1S/C20H15Cl2N3O2/c21-15-3-7-17(8-4-15)23-19(26)13-25-11-1-2-14(12-25)20(27)24-18-9-5-16(22)6-10-18/h1-12H,13H2,(H-,23,24,26,27)/p+1. The Bertz CT molecular complexity index is 958. The zero-order valence-electron chi connectivity index (χ0n) is 14.2. The summed E-state index contributed by atoms with van der Waals surface area (Å²) in [7, 11) is 0. The first kappa shape index (κ1) is 18.9. The quantitative estimate of drug-likeness (QED) is 0.631. The van der Waals surface area contributed by atoms with Gasteiger partial charge in [-0.15, -0.1) is 0 Å². The summed E-state index contributed by atoms with van der Waals surface area (Å²) in [5.74, 6) is -0.484. The van der Waals surface area contributed by atoms with Gasteiger partial charge in [-0.05, 0) is 54.6 Å². The number of carbonyl (C=O) groups is 2. The van der Waals surface area contributed by atoms with Crippen LogP contribution in [-0.4, -0.2) is 11.8 Å². The Hall–Kier alpha value is -2.89. The molecule has 0 fully saturated rings. The van der Waals surface area contributed by atoms with Crippen molar-refractivity contribution in [2.24, 2.45) is 0 Å². The Kier molecular flexibility index (Phi) is 6.06. The van der Waals surface area contributed by atoms with Gasteiger partial charge in [-0.1, -0.05) is 23.2 Å². The Labute approximate surface area is 166 Å². The van der Waals surface area contributed by atoms with Crippen molar-refractivity contribution in [1.29, 1.82) is 0 Å². The van der Waals surface area contributed by atoms with Crippen LogP contribution in [0.3, 0.4) is 0 Å². The van der Waals surface area contributed by atoms with Crippen LogP contribution in [0.4, 0.5) is 11.4 Å². The molecule has 0 saturated heterocycles. The van der Waals surface area contributed by atoms with Gasteiger partial charge in [0.15, 0.2) is 12.4 Å². The molecule has 7 heteroatoms. The lowest BCUT2D eigenvalue weighted by molar-refractivity contribution is -0.684. The fourth-order valence-corrected chi connectivity index (χ4v) is 2.64. The highest BCUT2D eigenvalue weighted by Gasteiger charge is 2.14. The molecule has 0 aliphatic carbocycles. The van der Waals surface area contributed by atoms with Crippen LogP contribution in [0.2, 0.25) is 10.0 Å². The van der Waals surface area contributed by atoms with E-state index in [0.717, 1.165) is 0 Å². The van der Waals surface area contributed by atoms with E-state index in [2.05, 4.69) is 10.6 Å². The lowest BCUT2D eigenvalue weighted by Gasteiger charge is -2.05. The minimum absolute atomic E-state index is 0.0741. The topological polar surface area (TPSA) is 62.1 Å². The Morgan fingerprint density at radius 2 is 1.37 bits per heavy atom. The van der Waals surface area contributed by atoms with Crippen molar-refractivity contribution in [1.82, 2.24) is 0 Å². The number of nitrogens with zero attached hydrogens (tertiary/aromatic N) is 1. The molecule has 27 heavy (non-hydrogen) atoms. The molecule has 5 nitrogen and oxygen atoms in total. The van der Waals surface area contributed by atoms with Crippen LogP contribution in [0.5, 0.6) is 0 Å².